The first-order valence-corrected chi connectivity index (χ1v) is 11.7. The summed E-state index contributed by atoms with van der Waals surface area (Å²) >= 11 is 0. The molecule has 1 heterocycles. The number of nitrogens with one attached hydrogen (secondary N) is 2. The van der Waals surface area contributed by atoms with Crippen LogP contribution >= 0.6 is 0 Å². The molecule has 0 radical (unpaired) electrons. The fourth-order valence-corrected chi connectivity index (χ4v) is 4.31. The molecule has 2 aliphatic rings. The Morgan fingerprint density at radius 3 is 2.15 bits per heavy atom. The van der Waals surface area contributed by atoms with Crippen LogP contribution < -0.4 is 10.6 Å². The Morgan fingerprint density at radius 2 is 1.61 bits per heavy atom. The van der Waals surface area contributed by atoms with Crippen molar-refractivity contribution >= 4 is 17.5 Å². The van der Waals surface area contributed by atoms with Gasteiger partial charge in [-0.25, -0.2) is 4.39 Å². The van der Waals surface area contributed by atoms with Crippen LogP contribution in [-0.2, 0) is 21.4 Å². The van der Waals surface area contributed by atoms with Crippen LogP contribution in [0.3, 0.4) is 0 Å². The number of carbonyl (C=O) groups excluding carboxylic acids is 2. The molecule has 1 unspecified atom stereocenters. The average molecular weight is 599 g/mol. The predicted octanol–water partition coefficient (Wildman–Crippen LogP) is 5.68. The van der Waals surface area contributed by atoms with E-state index in [-0.39, 0.29) is 53.4 Å². The second-order valence-corrected chi connectivity index (χ2v) is 9.70. The van der Waals surface area contributed by atoms with E-state index in [2.05, 4.69) is 15.3 Å². The van der Waals surface area contributed by atoms with Gasteiger partial charge in [0.2, 0.25) is 5.91 Å². The van der Waals surface area contributed by atoms with E-state index in [1.165, 1.54) is 13.0 Å². The molecule has 16 heteroatoms. The molecule has 1 saturated carbocycles. The summed E-state index contributed by atoms with van der Waals surface area (Å²) in [5.41, 5.74) is -8.84. The SMILES string of the molecule is Cc1cc(C2=NOC(c3cc(F)cc(C(F)(F)F)c3)(C(F)(F)F)C2)ccc1C(=O)NCC(=O)NC1(C(F)(F)F)CC1. The van der Waals surface area contributed by atoms with Crippen molar-refractivity contribution in [1.82, 2.24) is 10.6 Å². The van der Waals surface area contributed by atoms with Gasteiger partial charge in [0.1, 0.15) is 11.4 Å². The number of hydrogen-bond acceptors (Lipinski definition) is 4. The van der Waals surface area contributed by atoms with Gasteiger partial charge in [-0.3, -0.25) is 9.59 Å². The number of rotatable bonds is 6. The molecule has 1 aliphatic carbocycles. The smallest absolute Gasteiger partial charge is 0.374 e. The first-order valence-electron chi connectivity index (χ1n) is 11.7. The minimum absolute atomic E-state index is 0.00350. The molecule has 1 atom stereocenters. The molecule has 41 heavy (non-hydrogen) atoms. The molecule has 6 nitrogen and oxygen atoms in total. The van der Waals surface area contributed by atoms with Crippen LogP contribution in [0.1, 0.15) is 51.9 Å². The van der Waals surface area contributed by atoms with E-state index in [0.29, 0.717) is 0 Å². The Bertz CT molecular complexity index is 1410. The van der Waals surface area contributed by atoms with Crippen molar-refractivity contribution in [2.24, 2.45) is 5.16 Å². The summed E-state index contributed by atoms with van der Waals surface area (Å²) in [5, 5.41) is 7.40. The Hall–Kier alpha value is -3.85. The number of amides is 2. The van der Waals surface area contributed by atoms with E-state index >= 15 is 0 Å². The Kier molecular flexibility index (Phi) is 7.28. The number of carbonyl (C=O) groups is 2. The maximum atomic E-state index is 14.2. The number of hydrogen-bond donors (Lipinski definition) is 2. The van der Waals surface area contributed by atoms with Gasteiger partial charge in [0.15, 0.2) is 0 Å². The minimum atomic E-state index is -5.32. The topological polar surface area (TPSA) is 79.8 Å². The van der Waals surface area contributed by atoms with E-state index < -0.39 is 71.4 Å². The molecule has 0 spiro atoms. The molecular formula is C25H19F10N3O3. The zero-order chi connectivity index (χ0) is 30.6. The van der Waals surface area contributed by atoms with Gasteiger partial charge >= 0.3 is 18.5 Å². The number of halogens is 10. The van der Waals surface area contributed by atoms with E-state index in [1.807, 2.05) is 5.32 Å². The molecule has 4 rings (SSSR count). The summed E-state index contributed by atoms with van der Waals surface area (Å²) in [6, 6.07) is 3.97. The van der Waals surface area contributed by atoms with Crippen LogP contribution in [0, 0.1) is 12.7 Å². The van der Waals surface area contributed by atoms with Gasteiger partial charge in [0.25, 0.3) is 11.5 Å². The summed E-state index contributed by atoms with van der Waals surface area (Å²) in [6.45, 7) is 0.594. The molecule has 2 aromatic rings. The zero-order valence-corrected chi connectivity index (χ0v) is 20.7. The molecule has 0 aromatic heterocycles. The predicted molar refractivity (Wildman–Crippen MR) is 121 cm³/mol. The van der Waals surface area contributed by atoms with Gasteiger partial charge in [-0.1, -0.05) is 11.2 Å². The number of alkyl halides is 9. The first-order chi connectivity index (χ1) is 18.8. The monoisotopic (exact) mass is 599 g/mol. The average Bonchev–Trinajstić information content (AvgIpc) is 3.48. The van der Waals surface area contributed by atoms with Crippen LogP contribution in [0.5, 0.6) is 0 Å². The highest BCUT2D eigenvalue weighted by molar-refractivity contribution is 6.04. The number of nitrogens with zero attached hydrogens (tertiary/aromatic N) is 1. The zero-order valence-electron chi connectivity index (χ0n) is 20.7. The summed E-state index contributed by atoms with van der Waals surface area (Å²) in [7, 11) is 0. The normalized spacial score (nSPS) is 20.2. The number of aryl methyl sites for hydroxylation is 1. The Balaban J connectivity index is 1.50. The van der Waals surface area contributed by atoms with Crippen molar-refractivity contribution in [1.29, 1.82) is 0 Å². The molecule has 2 aromatic carbocycles. The number of benzene rings is 2. The maximum Gasteiger partial charge on any atom is 0.435 e. The van der Waals surface area contributed by atoms with Crippen LogP contribution in [0.25, 0.3) is 0 Å². The third-order valence-electron chi connectivity index (χ3n) is 6.76. The second kappa shape index (κ2) is 9.91. The molecule has 222 valence electrons. The highest BCUT2D eigenvalue weighted by Crippen LogP contribution is 2.50. The van der Waals surface area contributed by atoms with Crippen LogP contribution in [-0.4, -0.2) is 42.0 Å². The fraction of sp³-hybridized carbons (Fsp3) is 0.400. The van der Waals surface area contributed by atoms with E-state index in [1.54, 1.807) is 0 Å². The lowest BCUT2D eigenvalue weighted by Crippen LogP contribution is -2.50. The lowest BCUT2D eigenvalue weighted by Gasteiger charge is -2.30. The summed E-state index contributed by atoms with van der Waals surface area (Å²) in [5.74, 6) is -3.51. The van der Waals surface area contributed by atoms with Gasteiger partial charge in [-0.2, -0.15) is 39.5 Å². The van der Waals surface area contributed by atoms with E-state index in [4.69, 9.17) is 0 Å². The lowest BCUT2D eigenvalue weighted by atomic mass is 9.85. The molecule has 2 amide bonds. The van der Waals surface area contributed by atoms with E-state index in [9.17, 15) is 53.5 Å². The molecule has 1 aliphatic heterocycles. The van der Waals surface area contributed by atoms with Crippen LogP contribution in [0.2, 0.25) is 0 Å². The van der Waals surface area contributed by atoms with Crippen molar-refractivity contribution in [2.45, 2.75) is 55.9 Å². The summed E-state index contributed by atoms with van der Waals surface area (Å²) in [4.78, 5) is 29.1. The van der Waals surface area contributed by atoms with Gasteiger partial charge in [0.05, 0.1) is 17.8 Å². The molecular weight excluding hydrogens is 580 g/mol. The standard InChI is InChI=1S/C25H19F10N3O3/c1-12-6-13(2-3-17(12)20(40)36-11-19(39)37-21(4-5-21)24(30,31)32)18-10-22(41-38-18,25(33,34)35)14-7-15(23(27,28)29)9-16(26)8-14/h2-3,6-9H,4-5,10-11H2,1H3,(H,36,40)(H,37,39). The molecule has 2 N–H and O–H groups in total. The van der Waals surface area contributed by atoms with Gasteiger partial charge in [-0.15, -0.1) is 0 Å². The van der Waals surface area contributed by atoms with Gasteiger partial charge in [0, 0.05) is 17.5 Å². The molecule has 0 saturated heterocycles. The Morgan fingerprint density at radius 1 is 0.951 bits per heavy atom. The van der Waals surface area contributed by atoms with Crippen molar-refractivity contribution in [3.8, 4) is 0 Å². The van der Waals surface area contributed by atoms with Gasteiger partial charge < -0.3 is 15.5 Å². The van der Waals surface area contributed by atoms with Crippen molar-refractivity contribution < 1.29 is 58.3 Å². The van der Waals surface area contributed by atoms with E-state index in [0.717, 1.165) is 12.1 Å². The third-order valence-corrected chi connectivity index (χ3v) is 6.76. The second-order valence-electron chi connectivity index (χ2n) is 9.70. The minimum Gasteiger partial charge on any atom is -0.374 e. The van der Waals surface area contributed by atoms with Crippen molar-refractivity contribution in [2.75, 3.05) is 6.54 Å². The lowest BCUT2D eigenvalue weighted by molar-refractivity contribution is -0.276. The highest BCUT2D eigenvalue weighted by Gasteiger charge is 2.64. The van der Waals surface area contributed by atoms with Crippen LogP contribution in [0.4, 0.5) is 43.9 Å². The first kappa shape index (κ1) is 30.1. The summed E-state index contributed by atoms with van der Waals surface area (Å²) < 4.78 is 135. The van der Waals surface area contributed by atoms with Crippen molar-refractivity contribution in [3.63, 3.8) is 0 Å². The third kappa shape index (κ3) is 5.81. The molecule has 0 bridgehead atoms. The molecule has 1 fully saturated rings. The Labute approximate surface area is 224 Å². The maximum absolute atomic E-state index is 14.2. The van der Waals surface area contributed by atoms with Gasteiger partial charge in [-0.05, 0) is 61.2 Å². The van der Waals surface area contributed by atoms with Crippen molar-refractivity contribution in [3.05, 3.63) is 70.0 Å². The fourth-order valence-electron chi connectivity index (χ4n) is 4.31. The highest BCUT2D eigenvalue weighted by atomic mass is 19.4. The van der Waals surface area contributed by atoms with Crippen LogP contribution in [0.15, 0.2) is 41.6 Å². The largest absolute Gasteiger partial charge is 0.435 e. The number of oxime groups is 1. The quantitative estimate of drug-likeness (QED) is 0.420. The summed E-state index contributed by atoms with van der Waals surface area (Å²) in [6.07, 6.45) is -16.8.